The van der Waals surface area contributed by atoms with E-state index in [-0.39, 0.29) is 5.91 Å². The number of benzene rings is 2. The fraction of sp³-hybridized carbons (Fsp3) is 0.485. The molecule has 0 bridgehead atoms. The van der Waals surface area contributed by atoms with Crippen LogP contribution in [0.5, 0.6) is 5.75 Å². The van der Waals surface area contributed by atoms with E-state index in [1.165, 1.54) is 0 Å². The van der Waals surface area contributed by atoms with Gasteiger partial charge in [0.25, 0.3) is 5.91 Å². The highest BCUT2D eigenvalue weighted by Gasteiger charge is 2.68. The van der Waals surface area contributed by atoms with Crippen LogP contribution in [0, 0.1) is 11.8 Å². The molecule has 222 valence electrons. The number of amides is 1. The van der Waals surface area contributed by atoms with Crippen molar-refractivity contribution in [2.24, 2.45) is 11.8 Å². The van der Waals surface area contributed by atoms with Crippen LogP contribution >= 0.6 is 0 Å². The Morgan fingerprint density at radius 2 is 1.93 bits per heavy atom. The third-order valence-electron chi connectivity index (χ3n) is 9.34. The van der Waals surface area contributed by atoms with E-state index in [4.69, 9.17) is 9.47 Å². The number of allylic oxidation sites excluding steroid dienone is 1. The number of carbonyl (C=O) groups is 1. The molecule has 0 radical (unpaired) electrons. The zero-order valence-electron chi connectivity index (χ0n) is 25.3. The van der Waals surface area contributed by atoms with Gasteiger partial charge in [-0.15, -0.1) is 5.10 Å². The number of ether oxygens (including phenoxy) is 2. The first-order valence-electron chi connectivity index (χ1n) is 14.6. The second kappa shape index (κ2) is 9.74. The average molecular weight is 575 g/mol. The number of aliphatic hydroxyl groups excluding tert-OH is 1. The van der Waals surface area contributed by atoms with Crippen molar-refractivity contribution in [2.45, 2.75) is 83.5 Å². The minimum atomic E-state index is -1.62. The Bertz CT molecular complexity index is 1560. The number of methoxy groups -OCH3 is 1. The maximum Gasteiger partial charge on any atom is 0.265 e. The molecule has 42 heavy (non-hydrogen) atoms. The quantitative estimate of drug-likeness (QED) is 0.396. The molecule has 0 aliphatic carbocycles. The first-order valence-corrected chi connectivity index (χ1v) is 14.6. The lowest BCUT2D eigenvalue weighted by molar-refractivity contribution is -0.146. The Balaban J connectivity index is 1.35. The van der Waals surface area contributed by atoms with Gasteiger partial charge in [-0.05, 0) is 64.3 Å². The van der Waals surface area contributed by atoms with Gasteiger partial charge >= 0.3 is 0 Å². The molecule has 1 aromatic heterocycles. The number of hydrogen-bond donors (Lipinski definition) is 1. The number of rotatable bonds is 7. The number of aliphatic hydroxyl groups is 1. The van der Waals surface area contributed by atoms with Gasteiger partial charge < -0.3 is 14.6 Å². The Morgan fingerprint density at radius 1 is 1.21 bits per heavy atom. The Morgan fingerprint density at radius 3 is 2.60 bits per heavy atom. The minimum Gasteiger partial charge on any atom is -0.497 e. The highest BCUT2D eigenvalue weighted by molar-refractivity contribution is 6.12. The highest BCUT2D eigenvalue weighted by atomic mass is 19.1. The van der Waals surface area contributed by atoms with Gasteiger partial charge in [-0.3, -0.25) is 14.4 Å². The van der Waals surface area contributed by atoms with Crippen molar-refractivity contribution in [2.75, 3.05) is 12.0 Å². The molecule has 9 heteroatoms. The lowest BCUT2D eigenvalue weighted by Gasteiger charge is -2.39. The molecule has 1 amide bonds. The van der Waals surface area contributed by atoms with Crippen LogP contribution < -0.4 is 9.64 Å². The molecule has 1 saturated heterocycles. The van der Waals surface area contributed by atoms with E-state index < -0.39 is 40.9 Å². The smallest absolute Gasteiger partial charge is 0.265 e. The fourth-order valence-electron chi connectivity index (χ4n) is 7.59. The third-order valence-corrected chi connectivity index (χ3v) is 9.34. The second-order valence-corrected chi connectivity index (χ2v) is 13.0. The summed E-state index contributed by atoms with van der Waals surface area (Å²) in [7, 11) is 1.61. The molecule has 3 aliphatic heterocycles. The zero-order valence-corrected chi connectivity index (χ0v) is 25.3. The van der Waals surface area contributed by atoms with Crippen LogP contribution in [-0.2, 0) is 21.7 Å². The van der Waals surface area contributed by atoms with E-state index in [2.05, 4.69) is 16.4 Å². The van der Waals surface area contributed by atoms with Crippen LogP contribution in [0.15, 0.2) is 54.7 Å². The number of anilines is 1. The minimum absolute atomic E-state index is 0.168. The first-order chi connectivity index (χ1) is 19.8. The maximum absolute atomic E-state index is 16.1. The number of nitrogens with zero attached hydrogens (tertiary/aromatic N) is 4. The van der Waals surface area contributed by atoms with Crippen molar-refractivity contribution in [3.05, 3.63) is 77.1 Å². The molecule has 4 heterocycles. The predicted molar refractivity (Wildman–Crippen MR) is 158 cm³/mol. The molecule has 3 aliphatic rings. The molecular weight excluding hydrogens is 535 g/mol. The molecule has 5 atom stereocenters. The molecule has 6 rings (SSSR count). The summed E-state index contributed by atoms with van der Waals surface area (Å²) in [6.45, 7) is 11.5. The van der Waals surface area contributed by atoms with Crippen molar-refractivity contribution < 1.29 is 23.8 Å². The van der Waals surface area contributed by atoms with Crippen LogP contribution in [-0.4, -0.2) is 50.4 Å². The van der Waals surface area contributed by atoms with Gasteiger partial charge in [0.1, 0.15) is 23.2 Å². The standard InChI is InChI=1S/C33H39FN4O4/c1-19-17-31(3,4)38-28-23(19)15-22(41-7)16-24(28)33(30(38)40)20(2)27(32(5,6)34)26(42-33)13-14-37-18-25(35-36-37)29(39)21-11-9-8-10-12-21/h8-12,15-18,20,26-27,29,39H,13-14H2,1-7H3/t20-,26+,27-,29+,33+/m0/s1. The monoisotopic (exact) mass is 574 g/mol. The average Bonchev–Trinajstić information content (AvgIpc) is 3.60. The fourth-order valence-corrected chi connectivity index (χ4v) is 7.59. The van der Waals surface area contributed by atoms with Gasteiger partial charge in [-0.25, -0.2) is 4.39 Å². The van der Waals surface area contributed by atoms with Crippen LogP contribution in [0.2, 0.25) is 0 Å². The first kappa shape index (κ1) is 28.6. The lowest BCUT2D eigenvalue weighted by atomic mass is 9.71. The Labute approximate surface area is 246 Å². The number of hydrogen-bond acceptors (Lipinski definition) is 6. The molecule has 1 spiro atoms. The number of carbonyl (C=O) groups excluding carboxylic acids is 1. The summed E-state index contributed by atoms with van der Waals surface area (Å²) in [6.07, 6.45) is 2.73. The Kier molecular flexibility index (Phi) is 6.62. The number of alkyl halides is 1. The summed E-state index contributed by atoms with van der Waals surface area (Å²) in [5, 5.41) is 19.2. The molecule has 8 nitrogen and oxygen atoms in total. The predicted octanol–water partition coefficient (Wildman–Crippen LogP) is 5.60. The van der Waals surface area contributed by atoms with Crippen molar-refractivity contribution in [3.8, 4) is 5.75 Å². The van der Waals surface area contributed by atoms with E-state index in [1.54, 1.807) is 31.8 Å². The lowest BCUT2D eigenvalue weighted by Crippen LogP contribution is -2.53. The summed E-state index contributed by atoms with van der Waals surface area (Å²) in [5.74, 6) is -0.564. The summed E-state index contributed by atoms with van der Waals surface area (Å²) in [6, 6.07) is 13.1. The molecule has 1 N–H and O–H groups in total. The van der Waals surface area contributed by atoms with E-state index in [0.29, 0.717) is 24.4 Å². The van der Waals surface area contributed by atoms with E-state index in [1.807, 2.05) is 75.1 Å². The van der Waals surface area contributed by atoms with Gasteiger partial charge in [-0.1, -0.05) is 48.5 Å². The third kappa shape index (κ3) is 4.20. The van der Waals surface area contributed by atoms with E-state index in [0.717, 1.165) is 28.0 Å². The molecule has 2 aromatic carbocycles. The normalized spacial score (nSPS) is 26.9. The molecule has 1 fully saturated rings. The zero-order chi connectivity index (χ0) is 30.2. The number of fused-ring (bicyclic) bond motifs is 1. The van der Waals surface area contributed by atoms with Crippen molar-refractivity contribution >= 4 is 17.2 Å². The van der Waals surface area contributed by atoms with Crippen LogP contribution in [0.1, 0.15) is 76.5 Å². The van der Waals surface area contributed by atoms with Crippen molar-refractivity contribution in [1.82, 2.24) is 15.0 Å². The molecule has 0 saturated carbocycles. The summed E-state index contributed by atoms with van der Waals surface area (Å²) in [5.41, 5.74) is 1.14. The van der Waals surface area contributed by atoms with Crippen LogP contribution in [0.25, 0.3) is 5.57 Å². The summed E-state index contributed by atoms with van der Waals surface area (Å²) >= 11 is 0. The van der Waals surface area contributed by atoms with Crippen molar-refractivity contribution in [3.63, 3.8) is 0 Å². The molecule has 3 aromatic rings. The molecular formula is C33H39FN4O4. The largest absolute Gasteiger partial charge is 0.497 e. The van der Waals surface area contributed by atoms with Gasteiger partial charge in [0.05, 0.1) is 30.6 Å². The topological polar surface area (TPSA) is 89.7 Å². The number of halogens is 1. The number of aromatic nitrogens is 3. The van der Waals surface area contributed by atoms with Crippen LogP contribution in [0.3, 0.4) is 0 Å². The van der Waals surface area contributed by atoms with Gasteiger partial charge in [-0.2, -0.15) is 0 Å². The second-order valence-electron chi connectivity index (χ2n) is 13.0. The number of aryl methyl sites for hydroxylation is 1. The SMILES string of the molecule is COc1cc2c3c(c1)[C@@]1(O[C@H](CCn4cc([C@H](O)c5ccccc5)nn4)[C@@H](C(C)(C)F)[C@@H]1C)C(=O)N3C(C)(C)C=C2C. The maximum atomic E-state index is 16.1. The van der Waals surface area contributed by atoms with E-state index in [9.17, 15) is 9.90 Å². The van der Waals surface area contributed by atoms with E-state index >= 15 is 4.39 Å². The van der Waals surface area contributed by atoms with Crippen molar-refractivity contribution in [1.29, 1.82) is 0 Å². The van der Waals surface area contributed by atoms with Crippen LogP contribution in [0.4, 0.5) is 10.1 Å². The summed E-state index contributed by atoms with van der Waals surface area (Å²) < 4.78 is 30.3. The molecule has 0 unspecified atom stereocenters. The van der Waals surface area contributed by atoms with Gasteiger partial charge in [0, 0.05) is 29.5 Å². The summed E-state index contributed by atoms with van der Waals surface area (Å²) in [4.78, 5) is 16.4. The Hall–Kier alpha value is -3.56. The highest BCUT2D eigenvalue weighted by Crippen LogP contribution is 2.62. The van der Waals surface area contributed by atoms with Gasteiger partial charge in [0.15, 0.2) is 5.60 Å². The van der Waals surface area contributed by atoms with Gasteiger partial charge in [0.2, 0.25) is 0 Å².